The number of carbonyl (C=O) groups is 1. The van der Waals surface area contributed by atoms with Crippen molar-refractivity contribution in [1.29, 1.82) is 0 Å². The topological polar surface area (TPSA) is 53.6 Å². The maximum absolute atomic E-state index is 12.7. The van der Waals surface area contributed by atoms with Crippen LogP contribution in [0, 0.1) is 22.7 Å². The molecular formula is C32H49N3O2. The second kappa shape index (κ2) is 10.5. The third kappa shape index (κ3) is 5.92. The maximum Gasteiger partial charge on any atom is 0.152 e. The average Bonchev–Trinajstić information content (AvgIpc) is 3.16. The van der Waals surface area contributed by atoms with Gasteiger partial charge in [-0.1, -0.05) is 97.4 Å². The Bertz CT molecular complexity index is 987. The third-order valence-electron chi connectivity index (χ3n) is 9.23. The van der Waals surface area contributed by atoms with Crippen LogP contribution in [0.5, 0.6) is 0 Å². The van der Waals surface area contributed by atoms with Crippen molar-refractivity contribution in [3.8, 4) is 0 Å². The van der Waals surface area contributed by atoms with Crippen molar-refractivity contribution in [2.45, 2.75) is 97.9 Å². The number of Topliss-reactive ketones (excluding diaryl/α,β-unsaturated/α-hetero) is 1. The third-order valence-corrected chi connectivity index (χ3v) is 9.23. The molecule has 5 heteroatoms. The summed E-state index contributed by atoms with van der Waals surface area (Å²) in [5, 5.41) is 7.48. The molecule has 3 aliphatic rings. The van der Waals surface area contributed by atoms with E-state index in [2.05, 4.69) is 87.6 Å². The Morgan fingerprint density at radius 2 is 1.78 bits per heavy atom. The van der Waals surface area contributed by atoms with E-state index in [0.717, 1.165) is 30.9 Å². The lowest BCUT2D eigenvalue weighted by Crippen LogP contribution is -2.56. The maximum atomic E-state index is 12.7. The molecule has 0 aromatic heterocycles. The molecule has 0 radical (unpaired) electrons. The molecule has 1 saturated heterocycles. The fourth-order valence-electron chi connectivity index (χ4n) is 7.02. The van der Waals surface area contributed by atoms with Crippen LogP contribution in [0.4, 0.5) is 0 Å². The minimum absolute atomic E-state index is 0.0409. The van der Waals surface area contributed by atoms with Gasteiger partial charge >= 0.3 is 0 Å². The fraction of sp³-hybridized carbons (Fsp3) is 0.656. The van der Waals surface area contributed by atoms with Crippen molar-refractivity contribution in [2.75, 3.05) is 13.2 Å². The number of ether oxygens (including phenoxy) is 1. The minimum Gasteiger partial charge on any atom is -0.374 e. The minimum atomic E-state index is -0.123. The normalized spacial score (nSPS) is 26.6. The Balaban J connectivity index is 1.43. The quantitative estimate of drug-likeness (QED) is 0.383. The number of benzene rings is 1. The lowest BCUT2D eigenvalue weighted by Gasteiger charge is -2.44. The van der Waals surface area contributed by atoms with Gasteiger partial charge < -0.3 is 20.3 Å². The van der Waals surface area contributed by atoms with Gasteiger partial charge in [-0.2, -0.15) is 0 Å². The summed E-state index contributed by atoms with van der Waals surface area (Å²) in [4.78, 5) is 15.0. The molecule has 0 spiro atoms. The molecule has 4 atom stereocenters. The van der Waals surface area contributed by atoms with Crippen LogP contribution in [0.3, 0.4) is 0 Å². The number of piperidine rings is 1. The highest BCUT2D eigenvalue weighted by Crippen LogP contribution is 2.65. The standard InChI is InChI=1S/C32H49N3O2/c1-22(35-19-26-27(31(26,7)8)28(35)23(2)36)29(30(4,5)6)33-24(3)34-32(17-13-10-14-18-32)21-37-20-25-15-11-9-12-16-25/h9,11-12,15-16,26-29,33-34H,1,3,10,13-14,17-21H2,2,4-8H3/t26-,27-,28?,29?/m0/s1. The molecule has 2 saturated carbocycles. The summed E-state index contributed by atoms with van der Waals surface area (Å²) in [6, 6.07) is 10.3. The van der Waals surface area contributed by atoms with Crippen LogP contribution in [0.2, 0.25) is 0 Å². The molecular weight excluding hydrogens is 458 g/mol. The number of fused-ring (bicyclic) bond motifs is 1. The first-order chi connectivity index (χ1) is 17.4. The van der Waals surface area contributed by atoms with E-state index in [1.807, 2.05) is 6.07 Å². The van der Waals surface area contributed by atoms with Crippen molar-refractivity contribution in [3.05, 3.63) is 60.6 Å². The van der Waals surface area contributed by atoms with E-state index in [9.17, 15) is 4.79 Å². The highest BCUT2D eigenvalue weighted by molar-refractivity contribution is 5.83. The molecule has 3 fully saturated rings. The van der Waals surface area contributed by atoms with Crippen LogP contribution in [0.1, 0.15) is 79.2 Å². The number of nitrogens with zero attached hydrogens (tertiary/aromatic N) is 1. The molecule has 2 N–H and O–H groups in total. The number of carbonyl (C=O) groups excluding carboxylic acids is 1. The Morgan fingerprint density at radius 1 is 1.14 bits per heavy atom. The van der Waals surface area contributed by atoms with E-state index in [-0.39, 0.29) is 34.2 Å². The van der Waals surface area contributed by atoms with Crippen molar-refractivity contribution < 1.29 is 9.53 Å². The van der Waals surface area contributed by atoms with E-state index < -0.39 is 0 Å². The van der Waals surface area contributed by atoms with Crippen molar-refractivity contribution >= 4 is 5.78 Å². The highest BCUT2D eigenvalue weighted by Gasteiger charge is 2.68. The monoisotopic (exact) mass is 507 g/mol. The molecule has 0 bridgehead atoms. The van der Waals surface area contributed by atoms with Gasteiger partial charge in [-0.05, 0) is 48.0 Å². The van der Waals surface area contributed by atoms with E-state index in [1.54, 1.807) is 6.92 Å². The number of hydrogen-bond acceptors (Lipinski definition) is 5. The second-order valence-electron chi connectivity index (χ2n) is 13.5. The zero-order chi connectivity index (χ0) is 27.0. The van der Waals surface area contributed by atoms with Crippen molar-refractivity contribution in [1.82, 2.24) is 15.5 Å². The molecule has 37 heavy (non-hydrogen) atoms. The van der Waals surface area contributed by atoms with Crippen LogP contribution in [0.15, 0.2) is 55.0 Å². The Kier molecular flexibility index (Phi) is 7.86. The molecule has 4 rings (SSSR count). The summed E-state index contributed by atoms with van der Waals surface area (Å²) < 4.78 is 6.25. The van der Waals surface area contributed by atoms with Crippen LogP contribution in [-0.4, -0.2) is 41.5 Å². The molecule has 2 aliphatic carbocycles. The first-order valence-corrected chi connectivity index (χ1v) is 14.2. The largest absolute Gasteiger partial charge is 0.374 e. The van der Waals surface area contributed by atoms with E-state index in [0.29, 0.717) is 25.0 Å². The van der Waals surface area contributed by atoms with Gasteiger partial charge in [-0.15, -0.1) is 0 Å². The van der Waals surface area contributed by atoms with Crippen LogP contribution in [-0.2, 0) is 16.1 Å². The van der Waals surface area contributed by atoms with E-state index >= 15 is 0 Å². The van der Waals surface area contributed by atoms with Gasteiger partial charge in [-0.25, -0.2) is 0 Å². The van der Waals surface area contributed by atoms with Gasteiger partial charge in [0.1, 0.15) is 0 Å². The summed E-state index contributed by atoms with van der Waals surface area (Å²) in [6.07, 6.45) is 5.79. The SMILES string of the molecule is C=C(NC(C(=C)N1C[C@H]2[C@@H](C1C(C)=O)C2(C)C)C(C)(C)C)NC1(COCc2ccccc2)CCCCC1. The number of hydrogen-bond donors (Lipinski definition) is 2. The zero-order valence-electron chi connectivity index (χ0n) is 24.0. The molecule has 2 unspecified atom stereocenters. The number of nitrogens with one attached hydrogen (secondary N) is 2. The van der Waals surface area contributed by atoms with Crippen molar-refractivity contribution in [3.63, 3.8) is 0 Å². The Labute approximate surface area is 225 Å². The van der Waals surface area contributed by atoms with E-state index in [4.69, 9.17) is 4.74 Å². The van der Waals surface area contributed by atoms with Gasteiger partial charge in [0.15, 0.2) is 5.78 Å². The van der Waals surface area contributed by atoms with E-state index in [1.165, 1.54) is 24.8 Å². The number of ketones is 1. The number of likely N-dealkylation sites (tertiary alicyclic amines) is 1. The van der Waals surface area contributed by atoms with Gasteiger partial charge in [0.05, 0.1) is 36.7 Å². The van der Waals surface area contributed by atoms with Crippen molar-refractivity contribution in [2.24, 2.45) is 22.7 Å². The summed E-state index contributed by atoms with van der Waals surface area (Å²) in [5.41, 5.74) is 2.21. The first-order valence-electron chi connectivity index (χ1n) is 14.2. The first kappa shape index (κ1) is 27.8. The summed E-state index contributed by atoms with van der Waals surface area (Å²) in [6.45, 7) is 24.2. The van der Waals surface area contributed by atoms with Gasteiger partial charge in [0, 0.05) is 12.2 Å². The zero-order valence-corrected chi connectivity index (χ0v) is 24.0. The molecule has 1 aromatic carbocycles. The van der Waals surface area contributed by atoms with Gasteiger partial charge in [-0.3, -0.25) is 4.79 Å². The van der Waals surface area contributed by atoms with Gasteiger partial charge in [0.25, 0.3) is 0 Å². The van der Waals surface area contributed by atoms with Crippen LogP contribution in [0.25, 0.3) is 0 Å². The Hall–Kier alpha value is -2.27. The molecule has 1 heterocycles. The lowest BCUT2D eigenvalue weighted by atomic mass is 9.81. The molecule has 5 nitrogen and oxygen atoms in total. The second-order valence-corrected chi connectivity index (χ2v) is 13.5. The molecule has 1 aliphatic heterocycles. The molecule has 1 aromatic rings. The molecule has 0 amide bonds. The predicted octanol–water partition coefficient (Wildman–Crippen LogP) is 6.03. The average molecular weight is 508 g/mol. The van der Waals surface area contributed by atoms with Crippen LogP contribution >= 0.6 is 0 Å². The lowest BCUT2D eigenvalue weighted by molar-refractivity contribution is -0.122. The highest BCUT2D eigenvalue weighted by atomic mass is 16.5. The summed E-state index contributed by atoms with van der Waals surface area (Å²) in [7, 11) is 0. The summed E-state index contributed by atoms with van der Waals surface area (Å²) >= 11 is 0. The summed E-state index contributed by atoms with van der Waals surface area (Å²) in [5.74, 6) is 2.05. The van der Waals surface area contributed by atoms with Crippen LogP contribution < -0.4 is 10.6 Å². The Morgan fingerprint density at radius 3 is 2.38 bits per heavy atom. The number of rotatable bonds is 11. The van der Waals surface area contributed by atoms with Gasteiger partial charge in [0.2, 0.25) is 0 Å². The molecule has 204 valence electrons. The predicted molar refractivity (Wildman–Crippen MR) is 152 cm³/mol. The fourth-order valence-corrected chi connectivity index (χ4v) is 7.02. The smallest absolute Gasteiger partial charge is 0.152 e.